The molecule has 0 saturated heterocycles. The molecule has 1 rings (SSSR count). The van der Waals surface area contributed by atoms with Gasteiger partial charge in [-0.25, -0.2) is 0 Å². The molecule has 0 unspecified atom stereocenters. The van der Waals surface area contributed by atoms with Gasteiger partial charge in [0.1, 0.15) is 0 Å². The van der Waals surface area contributed by atoms with E-state index in [-0.39, 0.29) is 56.3 Å². The van der Waals surface area contributed by atoms with Gasteiger partial charge < -0.3 is 0 Å². The third kappa shape index (κ3) is 13.0. The number of benzene rings is 1. The first kappa shape index (κ1) is 26.8. The minimum atomic E-state index is -4.10. The van der Waals surface area contributed by atoms with Crippen LogP contribution in [-0.4, -0.2) is 64.4 Å². The van der Waals surface area contributed by atoms with E-state index >= 15 is 0 Å². The van der Waals surface area contributed by atoms with Crippen LogP contribution in [0.1, 0.15) is 96.0 Å². The summed E-state index contributed by atoms with van der Waals surface area (Å²) in [5.41, 5.74) is 0.730. The molecular weight excluding hydrogens is 371 g/mol. The Morgan fingerprint density at radius 2 is 1.15 bits per heavy atom. The van der Waals surface area contributed by atoms with Crippen LogP contribution in [0.3, 0.4) is 0 Å². The van der Waals surface area contributed by atoms with E-state index in [2.05, 4.69) is 6.92 Å². The van der Waals surface area contributed by atoms with Crippen LogP contribution in [0.15, 0.2) is 29.2 Å². The number of hydrogen-bond acceptors (Lipinski definition) is 2. The minimum absolute atomic E-state index is 0. The van der Waals surface area contributed by atoms with Crippen LogP contribution >= 0.6 is 0 Å². The summed E-state index contributed by atoms with van der Waals surface area (Å²) in [6.07, 6.45) is 17.6. The largest absolute Gasteiger partial charge is 0.294 e. The fourth-order valence-corrected chi connectivity index (χ4v) is 4.05. The molecule has 0 aliphatic rings. The molecule has 0 fully saturated rings. The van der Waals surface area contributed by atoms with Crippen LogP contribution < -0.4 is 0 Å². The molecule has 0 amide bonds. The average molecular weight is 408 g/mol. The second-order valence-corrected chi connectivity index (χ2v) is 8.47. The monoisotopic (exact) mass is 407 g/mol. The number of hydrogen-bond donors (Lipinski definition) is 1. The van der Waals surface area contributed by atoms with E-state index in [0.717, 1.165) is 18.4 Å². The van der Waals surface area contributed by atoms with E-state index in [9.17, 15) is 13.0 Å². The summed E-state index contributed by atoms with van der Waals surface area (Å²) in [4.78, 5) is 0.0638. The summed E-state index contributed by atoms with van der Waals surface area (Å²) < 4.78 is 31.9. The Morgan fingerprint density at radius 3 is 1.62 bits per heavy atom. The molecule has 26 heavy (non-hydrogen) atoms. The summed E-state index contributed by atoms with van der Waals surface area (Å²) in [5.74, 6) is 0. The Morgan fingerprint density at radius 1 is 0.731 bits per heavy atom. The maximum atomic E-state index is 11.3. The van der Waals surface area contributed by atoms with E-state index < -0.39 is 10.1 Å². The first-order valence-electron chi connectivity index (χ1n) is 10.1. The molecule has 1 aromatic carbocycles. The first-order chi connectivity index (χ1) is 12.1. The van der Waals surface area contributed by atoms with Crippen molar-refractivity contribution in [3.05, 3.63) is 29.8 Å². The van der Waals surface area contributed by atoms with Gasteiger partial charge in [0, 0.05) is 51.4 Å². The fourth-order valence-electron chi connectivity index (χ4n) is 3.30. The van der Waals surface area contributed by atoms with Crippen molar-refractivity contribution in [3.63, 3.8) is 0 Å². The number of unbranched alkanes of at least 4 members (excludes halogenated alkanes) is 12. The van der Waals surface area contributed by atoms with Crippen molar-refractivity contribution in [2.75, 3.05) is 0 Å². The molecule has 5 heteroatoms. The number of aryl methyl sites for hydroxylation is 1. The smallest absolute Gasteiger partial charge is 0.282 e. The van der Waals surface area contributed by atoms with Gasteiger partial charge in [0.2, 0.25) is 0 Å². The standard InChI is InChI=1S/C21H36O3S.K/c1-2-3-4-5-6-7-8-9-10-11-12-13-14-17-20-18-15-16-19-21(20)25(22,23)24;/h15-16,18-19H,2-14,17H2,1H3,(H,22,23,24);. The fraction of sp³-hybridized carbons (Fsp3) is 0.714. The van der Waals surface area contributed by atoms with Crippen LogP contribution in [-0.2, 0) is 16.5 Å². The Balaban J connectivity index is 0.00000625. The van der Waals surface area contributed by atoms with Gasteiger partial charge in [-0.15, -0.1) is 0 Å². The predicted molar refractivity (Wildman–Crippen MR) is 111 cm³/mol. The molecule has 0 atom stereocenters. The summed E-state index contributed by atoms with van der Waals surface area (Å²) in [7, 11) is -4.10. The van der Waals surface area contributed by atoms with Crippen molar-refractivity contribution in [1.29, 1.82) is 0 Å². The Kier molecular flexibility index (Phi) is 17.2. The molecule has 0 aliphatic heterocycles. The molecular formula is C21H36KO3S. The van der Waals surface area contributed by atoms with Crippen LogP contribution in [0.5, 0.6) is 0 Å². The zero-order valence-corrected chi connectivity index (χ0v) is 20.8. The molecule has 1 aromatic rings. The summed E-state index contributed by atoms with van der Waals surface area (Å²) in [6, 6.07) is 6.75. The van der Waals surface area contributed by atoms with Gasteiger partial charge in [-0.05, 0) is 24.5 Å². The maximum absolute atomic E-state index is 11.3. The van der Waals surface area contributed by atoms with Gasteiger partial charge in [0.05, 0.1) is 4.90 Å². The van der Waals surface area contributed by atoms with Gasteiger partial charge in [-0.1, -0.05) is 102 Å². The predicted octanol–water partition coefficient (Wildman–Crippen LogP) is 6.19. The molecule has 1 radical (unpaired) electrons. The number of rotatable bonds is 15. The summed E-state index contributed by atoms with van der Waals surface area (Å²) >= 11 is 0. The molecule has 0 aromatic heterocycles. The van der Waals surface area contributed by atoms with Crippen LogP contribution in [0.4, 0.5) is 0 Å². The van der Waals surface area contributed by atoms with E-state index in [1.54, 1.807) is 12.1 Å². The van der Waals surface area contributed by atoms with Gasteiger partial charge >= 0.3 is 0 Å². The molecule has 0 spiro atoms. The zero-order chi connectivity index (χ0) is 18.4. The van der Waals surface area contributed by atoms with Crippen LogP contribution in [0, 0.1) is 0 Å². The van der Waals surface area contributed by atoms with Gasteiger partial charge in [0.25, 0.3) is 10.1 Å². The normalized spacial score (nSPS) is 11.3. The molecule has 1 N–H and O–H groups in total. The van der Waals surface area contributed by atoms with E-state index in [0.29, 0.717) is 6.42 Å². The van der Waals surface area contributed by atoms with Crippen molar-refractivity contribution in [1.82, 2.24) is 0 Å². The van der Waals surface area contributed by atoms with Crippen molar-refractivity contribution in [2.24, 2.45) is 0 Å². The third-order valence-corrected chi connectivity index (χ3v) is 5.75. The van der Waals surface area contributed by atoms with E-state index in [1.807, 2.05) is 6.07 Å². The quantitative estimate of drug-likeness (QED) is 0.214. The third-order valence-electron chi connectivity index (χ3n) is 4.80. The van der Waals surface area contributed by atoms with Crippen molar-refractivity contribution in [2.45, 2.75) is 102 Å². The van der Waals surface area contributed by atoms with Gasteiger partial charge in [0.15, 0.2) is 0 Å². The maximum Gasteiger partial charge on any atom is 0.294 e. The second-order valence-electron chi connectivity index (χ2n) is 7.08. The first-order valence-corrected chi connectivity index (χ1v) is 11.5. The van der Waals surface area contributed by atoms with Crippen LogP contribution in [0.25, 0.3) is 0 Å². The molecule has 145 valence electrons. The topological polar surface area (TPSA) is 54.4 Å². The molecule has 0 bridgehead atoms. The van der Waals surface area contributed by atoms with Crippen molar-refractivity contribution < 1.29 is 13.0 Å². The van der Waals surface area contributed by atoms with E-state index in [4.69, 9.17) is 0 Å². The molecule has 0 heterocycles. The van der Waals surface area contributed by atoms with Crippen LogP contribution in [0.2, 0.25) is 0 Å². The molecule has 0 saturated carbocycles. The van der Waals surface area contributed by atoms with Crippen molar-refractivity contribution >= 4 is 61.5 Å². The second kappa shape index (κ2) is 16.7. The summed E-state index contributed by atoms with van der Waals surface area (Å²) in [6.45, 7) is 2.26. The SMILES string of the molecule is CCCCCCCCCCCCCCCc1ccccc1S(=O)(=O)O.[K]. The van der Waals surface area contributed by atoms with Crippen molar-refractivity contribution in [3.8, 4) is 0 Å². The average Bonchev–Trinajstić information content (AvgIpc) is 2.58. The summed E-state index contributed by atoms with van der Waals surface area (Å²) in [5, 5.41) is 0. The Labute approximate surface area is 203 Å². The molecule has 0 aliphatic carbocycles. The van der Waals surface area contributed by atoms with Gasteiger partial charge in [-0.3, -0.25) is 4.55 Å². The van der Waals surface area contributed by atoms with E-state index in [1.165, 1.54) is 76.7 Å². The Bertz CT molecular complexity index is 558. The minimum Gasteiger partial charge on any atom is -0.282 e. The van der Waals surface area contributed by atoms with Gasteiger partial charge in [-0.2, -0.15) is 8.42 Å². The zero-order valence-electron chi connectivity index (χ0n) is 16.9. The molecule has 3 nitrogen and oxygen atoms in total. The Hall–Kier alpha value is 0.766.